The van der Waals surface area contributed by atoms with E-state index in [0.29, 0.717) is 34.3 Å². The molecule has 5 nitrogen and oxygen atoms in total. The summed E-state index contributed by atoms with van der Waals surface area (Å²) >= 11 is 12.0. The lowest BCUT2D eigenvalue weighted by Gasteiger charge is -2.23. The smallest absolute Gasteiger partial charge is 0.257 e. The molecular formula is C16H14Cl2N2O3. The van der Waals surface area contributed by atoms with Crippen LogP contribution in [0, 0.1) is 0 Å². The quantitative estimate of drug-likeness (QED) is 0.912. The summed E-state index contributed by atoms with van der Waals surface area (Å²) in [5, 5.41) is 3.62. The lowest BCUT2D eigenvalue weighted by Crippen LogP contribution is -2.43. The summed E-state index contributed by atoms with van der Waals surface area (Å²) in [5.41, 5.74) is 0.872. The molecule has 2 aromatic rings. The number of anilines is 1. The van der Waals surface area contributed by atoms with Gasteiger partial charge in [0.1, 0.15) is 12.3 Å². The van der Waals surface area contributed by atoms with Crippen molar-refractivity contribution in [1.82, 2.24) is 4.90 Å². The van der Waals surface area contributed by atoms with Gasteiger partial charge in [-0.05, 0) is 37.1 Å². The van der Waals surface area contributed by atoms with E-state index >= 15 is 0 Å². The van der Waals surface area contributed by atoms with Crippen LogP contribution in [0.3, 0.4) is 0 Å². The van der Waals surface area contributed by atoms with Gasteiger partial charge in [0.25, 0.3) is 5.91 Å². The van der Waals surface area contributed by atoms with Crippen molar-refractivity contribution in [1.29, 1.82) is 0 Å². The molecule has 1 aliphatic heterocycles. The average molecular weight is 353 g/mol. The third-order valence-corrected chi connectivity index (χ3v) is 4.34. The lowest BCUT2D eigenvalue weighted by molar-refractivity contribution is -0.119. The van der Waals surface area contributed by atoms with Crippen LogP contribution >= 0.6 is 23.2 Å². The fraction of sp³-hybridized carbons (Fsp3) is 0.250. The van der Waals surface area contributed by atoms with Gasteiger partial charge in [-0.25, -0.2) is 0 Å². The molecular weight excluding hydrogens is 339 g/mol. The maximum absolute atomic E-state index is 12.5. The summed E-state index contributed by atoms with van der Waals surface area (Å²) in [6, 6.07) is 5.89. The number of halogens is 2. The van der Waals surface area contributed by atoms with E-state index in [1.54, 1.807) is 29.2 Å². The number of nitrogens with zero attached hydrogens (tertiary/aromatic N) is 1. The fourth-order valence-electron chi connectivity index (χ4n) is 2.64. The SMILES string of the molecule is O=C(Nc1cc(Cl)ccc1Cl)[C@@H]1CCCN1C(=O)c1ccoc1. The highest BCUT2D eigenvalue weighted by Gasteiger charge is 2.35. The molecule has 1 aromatic heterocycles. The van der Waals surface area contributed by atoms with Gasteiger partial charge in [-0.15, -0.1) is 0 Å². The number of rotatable bonds is 3. The van der Waals surface area contributed by atoms with Gasteiger partial charge in [-0.2, -0.15) is 0 Å². The molecule has 0 bridgehead atoms. The van der Waals surface area contributed by atoms with Crippen LogP contribution in [-0.2, 0) is 4.79 Å². The molecule has 0 saturated carbocycles. The molecule has 0 aliphatic carbocycles. The molecule has 0 unspecified atom stereocenters. The van der Waals surface area contributed by atoms with E-state index in [2.05, 4.69) is 5.32 Å². The number of hydrogen-bond acceptors (Lipinski definition) is 3. The summed E-state index contributed by atoms with van der Waals surface area (Å²) in [5.74, 6) is -0.489. The van der Waals surface area contributed by atoms with Crippen molar-refractivity contribution in [3.63, 3.8) is 0 Å². The monoisotopic (exact) mass is 352 g/mol. The molecule has 1 saturated heterocycles. The predicted octanol–water partition coefficient (Wildman–Crippen LogP) is 3.83. The largest absolute Gasteiger partial charge is 0.472 e. The highest BCUT2D eigenvalue weighted by molar-refractivity contribution is 6.35. The first kappa shape index (κ1) is 15.9. The highest BCUT2D eigenvalue weighted by atomic mass is 35.5. The maximum Gasteiger partial charge on any atom is 0.257 e. The minimum absolute atomic E-state index is 0.214. The van der Waals surface area contributed by atoms with Crippen molar-refractivity contribution in [2.75, 3.05) is 11.9 Å². The van der Waals surface area contributed by atoms with Crippen molar-refractivity contribution in [3.05, 3.63) is 52.4 Å². The molecule has 120 valence electrons. The first-order chi connectivity index (χ1) is 11.1. The van der Waals surface area contributed by atoms with Gasteiger partial charge in [0, 0.05) is 11.6 Å². The number of likely N-dealkylation sites (tertiary alicyclic amines) is 1. The molecule has 0 spiro atoms. The summed E-state index contributed by atoms with van der Waals surface area (Å²) in [4.78, 5) is 26.5. The van der Waals surface area contributed by atoms with E-state index in [9.17, 15) is 9.59 Å². The van der Waals surface area contributed by atoms with Gasteiger partial charge in [-0.3, -0.25) is 9.59 Å². The second-order valence-corrected chi connectivity index (χ2v) is 6.13. The van der Waals surface area contributed by atoms with Gasteiger partial charge in [-0.1, -0.05) is 23.2 Å². The van der Waals surface area contributed by atoms with Gasteiger partial charge >= 0.3 is 0 Å². The van der Waals surface area contributed by atoms with Gasteiger partial charge in [0.15, 0.2) is 0 Å². The minimum Gasteiger partial charge on any atom is -0.472 e. The molecule has 1 aromatic carbocycles. The summed E-state index contributed by atoms with van der Waals surface area (Å²) in [6.07, 6.45) is 4.19. The number of hydrogen-bond donors (Lipinski definition) is 1. The molecule has 0 radical (unpaired) electrons. The fourth-order valence-corrected chi connectivity index (χ4v) is 2.98. The van der Waals surface area contributed by atoms with E-state index in [1.165, 1.54) is 12.5 Å². The molecule has 1 aliphatic rings. The Morgan fingerprint density at radius 2 is 2.09 bits per heavy atom. The van der Waals surface area contributed by atoms with Crippen LogP contribution in [0.1, 0.15) is 23.2 Å². The third kappa shape index (κ3) is 3.35. The molecule has 1 fully saturated rings. The topological polar surface area (TPSA) is 62.6 Å². The number of carbonyl (C=O) groups excluding carboxylic acids is 2. The predicted molar refractivity (Wildman–Crippen MR) is 87.9 cm³/mol. The van der Waals surface area contributed by atoms with E-state index < -0.39 is 6.04 Å². The molecule has 1 atom stereocenters. The van der Waals surface area contributed by atoms with Crippen LogP contribution in [0.15, 0.2) is 41.2 Å². The Balaban J connectivity index is 1.76. The number of nitrogens with one attached hydrogen (secondary N) is 1. The number of benzene rings is 1. The van der Waals surface area contributed by atoms with Crippen LogP contribution in [0.4, 0.5) is 5.69 Å². The number of furan rings is 1. The number of carbonyl (C=O) groups is 2. The zero-order valence-electron chi connectivity index (χ0n) is 12.1. The van der Waals surface area contributed by atoms with Crippen LogP contribution < -0.4 is 5.32 Å². The second-order valence-electron chi connectivity index (χ2n) is 5.28. The lowest BCUT2D eigenvalue weighted by atomic mass is 10.2. The Morgan fingerprint density at radius 1 is 1.26 bits per heavy atom. The van der Waals surface area contributed by atoms with Crippen LogP contribution in [0.25, 0.3) is 0 Å². The number of amides is 2. The van der Waals surface area contributed by atoms with Crippen LogP contribution in [-0.4, -0.2) is 29.3 Å². The van der Waals surface area contributed by atoms with Crippen molar-refractivity contribution in [2.45, 2.75) is 18.9 Å². The summed E-state index contributed by atoms with van der Waals surface area (Å²) in [7, 11) is 0. The molecule has 7 heteroatoms. The van der Waals surface area contributed by atoms with Crippen molar-refractivity contribution < 1.29 is 14.0 Å². The van der Waals surface area contributed by atoms with Crippen molar-refractivity contribution in [2.24, 2.45) is 0 Å². The van der Waals surface area contributed by atoms with E-state index in [4.69, 9.17) is 27.6 Å². The Labute approximate surface area is 143 Å². The van der Waals surface area contributed by atoms with Crippen LogP contribution in [0.5, 0.6) is 0 Å². The van der Waals surface area contributed by atoms with Gasteiger partial charge < -0.3 is 14.6 Å². The molecule has 2 amide bonds. The third-order valence-electron chi connectivity index (χ3n) is 3.77. The molecule has 23 heavy (non-hydrogen) atoms. The normalized spacial score (nSPS) is 17.3. The first-order valence-electron chi connectivity index (χ1n) is 7.15. The van der Waals surface area contributed by atoms with E-state index in [-0.39, 0.29) is 11.8 Å². The Bertz CT molecular complexity index is 731. The highest BCUT2D eigenvalue weighted by Crippen LogP contribution is 2.27. The summed E-state index contributed by atoms with van der Waals surface area (Å²) < 4.78 is 4.94. The van der Waals surface area contributed by atoms with E-state index in [0.717, 1.165) is 6.42 Å². The minimum atomic E-state index is -0.535. The van der Waals surface area contributed by atoms with Gasteiger partial charge in [0.05, 0.1) is 22.5 Å². The molecule has 2 heterocycles. The molecule has 1 N–H and O–H groups in total. The van der Waals surface area contributed by atoms with Crippen molar-refractivity contribution >= 4 is 40.7 Å². The maximum atomic E-state index is 12.5. The standard InChI is InChI=1S/C16H14Cl2N2O3/c17-11-3-4-12(18)13(8-11)19-15(21)14-2-1-6-20(14)16(22)10-5-7-23-9-10/h3-5,7-9,14H,1-2,6H2,(H,19,21)/t14-/m0/s1. The van der Waals surface area contributed by atoms with Crippen LogP contribution in [0.2, 0.25) is 10.0 Å². The first-order valence-corrected chi connectivity index (χ1v) is 7.91. The van der Waals surface area contributed by atoms with E-state index in [1.807, 2.05) is 0 Å². The summed E-state index contributed by atoms with van der Waals surface area (Å²) in [6.45, 7) is 0.533. The zero-order valence-corrected chi connectivity index (χ0v) is 13.6. The Hall–Kier alpha value is -1.98. The Morgan fingerprint density at radius 3 is 2.83 bits per heavy atom. The van der Waals surface area contributed by atoms with Gasteiger partial charge in [0.2, 0.25) is 5.91 Å². The van der Waals surface area contributed by atoms with Crippen molar-refractivity contribution in [3.8, 4) is 0 Å². The molecule has 3 rings (SSSR count). The zero-order chi connectivity index (χ0) is 16.4. The Kier molecular flexibility index (Phi) is 4.59. The average Bonchev–Trinajstić information content (AvgIpc) is 3.20. The second kappa shape index (κ2) is 6.64.